The third-order valence-corrected chi connectivity index (χ3v) is 5.91. The van der Waals surface area contributed by atoms with Gasteiger partial charge in [0.15, 0.2) is 5.17 Å². The van der Waals surface area contributed by atoms with Crippen molar-refractivity contribution in [1.82, 2.24) is 10.6 Å². The number of hydrogen-bond acceptors (Lipinski definition) is 7. The largest absolute Gasteiger partial charge is 0.495 e. The highest BCUT2D eigenvalue weighted by Crippen LogP contribution is 2.34. The number of thioether (sulfide) groups is 1. The molecule has 1 aliphatic heterocycles. The van der Waals surface area contributed by atoms with Gasteiger partial charge in [-0.1, -0.05) is 29.4 Å². The van der Waals surface area contributed by atoms with Crippen molar-refractivity contribution in [3.05, 3.63) is 51.3 Å². The second kappa shape index (κ2) is 9.79. The Morgan fingerprint density at radius 1 is 1.37 bits per heavy atom. The third kappa shape index (κ3) is 5.02. The minimum Gasteiger partial charge on any atom is -0.495 e. The van der Waals surface area contributed by atoms with Crippen molar-refractivity contribution in [2.75, 3.05) is 24.8 Å². The van der Waals surface area contributed by atoms with E-state index in [9.17, 15) is 14.4 Å². The van der Waals surface area contributed by atoms with Gasteiger partial charge >= 0.3 is 6.03 Å². The average molecular weight is 465 g/mol. The Bertz CT molecular complexity index is 1040. The predicted molar refractivity (Wildman–Crippen MR) is 120 cm³/mol. The van der Waals surface area contributed by atoms with Crippen molar-refractivity contribution in [3.63, 3.8) is 0 Å². The molecule has 0 atom stereocenters. The fourth-order valence-corrected chi connectivity index (χ4v) is 4.19. The molecule has 11 heteroatoms. The summed E-state index contributed by atoms with van der Waals surface area (Å²) >= 11 is 8.73. The predicted octanol–water partition coefficient (Wildman–Crippen LogP) is 3.34. The molecule has 1 aromatic heterocycles. The first kappa shape index (κ1) is 21.9. The van der Waals surface area contributed by atoms with E-state index in [0.29, 0.717) is 21.6 Å². The van der Waals surface area contributed by atoms with Crippen LogP contribution in [0.2, 0.25) is 5.02 Å². The molecule has 156 valence electrons. The smallest absolute Gasteiger partial charge is 0.321 e. The van der Waals surface area contributed by atoms with Crippen LogP contribution in [0.3, 0.4) is 0 Å². The number of hydrogen-bond donors (Lipinski definition) is 2. The Hall–Kier alpha value is -2.82. The van der Waals surface area contributed by atoms with E-state index in [4.69, 9.17) is 16.3 Å². The van der Waals surface area contributed by atoms with Crippen LogP contribution in [0.5, 0.6) is 5.75 Å². The lowest BCUT2D eigenvalue weighted by molar-refractivity contribution is -0.117. The number of benzene rings is 1. The van der Waals surface area contributed by atoms with E-state index in [1.807, 2.05) is 17.5 Å². The second-order valence-electron chi connectivity index (χ2n) is 5.81. The van der Waals surface area contributed by atoms with Crippen LogP contribution in [0.1, 0.15) is 4.88 Å². The summed E-state index contributed by atoms with van der Waals surface area (Å²) in [5, 5.41) is 7.01. The van der Waals surface area contributed by atoms with Crippen molar-refractivity contribution in [3.8, 4) is 5.75 Å². The summed E-state index contributed by atoms with van der Waals surface area (Å²) in [7, 11) is 2.91. The number of carbonyl (C=O) groups excluding carboxylic acids is 3. The summed E-state index contributed by atoms with van der Waals surface area (Å²) in [6.07, 6.45) is 1.68. The minimum absolute atomic E-state index is 0.105. The number of imide groups is 1. The van der Waals surface area contributed by atoms with Crippen LogP contribution in [0, 0.1) is 0 Å². The number of rotatable bonds is 5. The van der Waals surface area contributed by atoms with E-state index >= 15 is 0 Å². The van der Waals surface area contributed by atoms with Crippen molar-refractivity contribution in [2.24, 2.45) is 4.99 Å². The van der Waals surface area contributed by atoms with Gasteiger partial charge in [0.25, 0.3) is 5.91 Å². The molecule has 4 amide bonds. The van der Waals surface area contributed by atoms with Gasteiger partial charge in [-0.05, 0) is 35.7 Å². The molecule has 1 aromatic carbocycles. The molecule has 2 aromatic rings. The second-order valence-corrected chi connectivity index (χ2v) is 8.14. The molecule has 0 unspecified atom stereocenters. The monoisotopic (exact) mass is 464 g/mol. The van der Waals surface area contributed by atoms with Crippen LogP contribution < -0.4 is 20.3 Å². The molecule has 0 radical (unpaired) electrons. The molecule has 0 aliphatic carbocycles. The number of anilines is 1. The SMILES string of the molecule is CNC(=O)NC(=O)CSC1=N/C(=C\c2cccs2)C(=O)N1c1ccc(OC)c(Cl)c1. The number of amidine groups is 1. The standard InChI is InChI=1S/C19H17ClN4O4S2/c1-21-18(27)23-16(25)10-30-19-22-14(9-12-4-3-7-29-12)17(26)24(19)11-5-6-15(28-2)13(20)8-11/h3-9H,10H2,1-2H3,(H2,21,23,25,27)/b14-9-. The van der Waals surface area contributed by atoms with E-state index in [1.54, 1.807) is 24.3 Å². The number of nitrogens with one attached hydrogen (secondary N) is 2. The lowest BCUT2D eigenvalue weighted by Crippen LogP contribution is -2.39. The molecular weight excluding hydrogens is 448 g/mol. The number of nitrogens with zero attached hydrogens (tertiary/aromatic N) is 2. The number of halogens is 1. The van der Waals surface area contributed by atoms with Crippen LogP contribution in [-0.4, -0.2) is 42.9 Å². The first-order valence-electron chi connectivity index (χ1n) is 8.59. The maximum atomic E-state index is 13.1. The average Bonchev–Trinajstić information content (AvgIpc) is 3.34. The van der Waals surface area contributed by atoms with Crippen molar-refractivity contribution in [2.45, 2.75) is 0 Å². The minimum atomic E-state index is -0.609. The highest BCUT2D eigenvalue weighted by molar-refractivity contribution is 8.14. The first-order chi connectivity index (χ1) is 14.4. The maximum absolute atomic E-state index is 13.1. The number of aliphatic imine (C=N–C) groups is 1. The molecule has 3 rings (SSSR count). The van der Waals surface area contributed by atoms with E-state index in [2.05, 4.69) is 15.6 Å². The van der Waals surface area contributed by atoms with Gasteiger partial charge in [0.05, 0.1) is 23.6 Å². The summed E-state index contributed by atoms with van der Waals surface area (Å²) in [6.45, 7) is 0. The molecule has 0 bridgehead atoms. The zero-order valence-corrected chi connectivity index (χ0v) is 18.4. The molecule has 8 nitrogen and oxygen atoms in total. The van der Waals surface area contributed by atoms with Gasteiger partial charge in [0.2, 0.25) is 5.91 Å². The Labute approximate surface area is 185 Å². The Kier molecular flexibility index (Phi) is 7.14. The quantitative estimate of drug-likeness (QED) is 0.661. The van der Waals surface area contributed by atoms with Gasteiger partial charge in [-0.15, -0.1) is 11.3 Å². The van der Waals surface area contributed by atoms with E-state index < -0.39 is 11.9 Å². The number of ether oxygens (including phenoxy) is 1. The summed E-state index contributed by atoms with van der Waals surface area (Å²) in [5.74, 6) is -0.499. The summed E-state index contributed by atoms with van der Waals surface area (Å²) in [4.78, 5) is 43.0. The maximum Gasteiger partial charge on any atom is 0.321 e. The molecule has 0 spiro atoms. The molecule has 2 N–H and O–H groups in total. The van der Waals surface area contributed by atoms with Crippen LogP contribution in [0.15, 0.2) is 46.4 Å². The van der Waals surface area contributed by atoms with Gasteiger partial charge in [0.1, 0.15) is 11.4 Å². The van der Waals surface area contributed by atoms with Gasteiger partial charge in [-0.3, -0.25) is 19.8 Å². The van der Waals surface area contributed by atoms with Gasteiger partial charge in [0, 0.05) is 11.9 Å². The van der Waals surface area contributed by atoms with E-state index in [0.717, 1.165) is 16.6 Å². The topological polar surface area (TPSA) is 100 Å². The fraction of sp³-hybridized carbons (Fsp3) is 0.158. The number of thiophene rings is 1. The Morgan fingerprint density at radius 3 is 2.80 bits per heavy atom. The molecule has 0 saturated carbocycles. The first-order valence-corrected chi connectivity index (χ1v) is 10.8. The molecule has 2 heterocycles. The van der Waals surface area contributed by atoms with Crippen LogP contribution in [-0.2, 0) is 9.59 Å². The number of methoxy groups -OCH3 is 1. The molecular formula is C19H17ClN4O4S2. The zero-order valence-electron chi connectivity index (χ0n) is 16.0. The molecule has 30 heavy (non-hydrogen) atoms. The number of amides is 4. The van der Waals surface area contributed by atoms with Crippen LogP contribution in [0.25, 0.3) is 6.08 Å². The zero-order chi connectivity index (χ0) is 21.7. The van der Waals surface area contributed by atoms with Gasteiger partial charge in [-0.25, -0.2) is 9.79 Å². The van der Waals surface area contributed by atoms with Crippen LogP contribution in [0.4, 0.5) is 10.5 Å². The molecule has 1 aliphatic rings. The fourth-order valence-electron chi connectivity index (χ4n) is 2.48. The Balaban J connectivity index is 1.89. The van der Waals surface area contributed by atoms with Crippen molar-refractivity contribution < 1.29 is 19.1 Å². The van der Waals surface area contributed by atoms with E-state index in [-0.39, 0.29) is 17.4 Å². The van der Waals surface area contributed by atoms with Crippen LogP contribution >= 0.6 is 34.7 Å². The number of carbonyl (C=O) groups is 3. The highest BCUT2D eigenvalue weighted by Gasteiger charge is 2.33. The van der Waals surface area contributed by atoms with Crippen molar-refractivity contribution in [1.29, 1.82) is 0 Å². The molecule has 0 fully saturated rings. The number of urea groups is 1. The summed E-state index contributed by atoms with van der Waals surface area (Å²) < 4.78 is 5.16. The van der Waals surface area contributed by atoms with Crippen molar-refractivity contribution >= 4 is 69.5 Å². The summed E-state index contributed by atoms with van der Waals surface area (Å²) in [5.41, 5.74) is 0.719. The molecule has 0 saturated heterocycles. The Morgan fingerprint density at radius 2 is 2.17 bits per heavy atom. The lowest BCUT2D eigenvalue weighted by Gasteiger charge is -2.18. The van der Waals surface area contributed by atoms with E-state index in [1.165, 1.54) is 30.4 Å². The third-order valence-electron chi connectivity index (χ3n) is 3.86. The highest BCUT2D eigenvalue weighted by atomic mass is 35.5. The lowest BCUT2D eigenvalue weighted by atomic mass is 10.2. The summed E-state index contributed by atoms with van der Waals surface area (Å²) in [6, 6.07) is 8.05. The normalized spacial score (nSPS) is 14.6. The van der Waals surface area contributed by atoms with Gasteiger partial charge in [-0.2, -0.15) is 0 Å². The van der Waals surface area contributed by atoms with Gasteiger partial charge < -0.3 is 10.1 Å².